The predicted octanol–water partition coefficient (Wildman–Crippen LogP) is 1.79. The van der Waals surface area contributed by atoms with Crippen LogP contribution in [0.15, 0.2) is 33.8 Å². The molecule has 0 saturated heterocycles. The predicted molar refractivity (Wildman–Crippen MR) is 69.9 cm³/mol. The Bertz CT molecular complexity index is 517. The van der Waals surface area contributed by atoms with E-state index in [1.54, 1.807) is 0 Å². The summed E-state index contributed by atoms with van der Waals surface area (Å²) in [5.41, 5.74) is 7.04. The van der Waals surface area contributed by atoms with Crippen LogP contribution in [0.2, 0.25) is 0 Å². The second-order valence-electron chi connectivity index (χ2n) is 3.89. The molecule has 0 radical (unpaired) electrons. The molecule has 0 aliphatic rings. The fraction of sp³-hybridized carbons (Fsp3) is 0.333. The van der Waals surface area contributed by atoms with E-state index in [1.165, 1.54) is 0 Å². The molecule has 6 nitrogen and oxygen atoms in total. The van der Waals surface area contributed by atoms with Crippen molar-refractivity contribution in [2.75, 3.05) is 18.0 Å². The van der Waals surface area contributed by atoms with E-state index < -0.39 is 0 Å². The highest BCUT2D eigenvalue weighted by atomic mass is 16.4. The Morgan fingerprint density at radius 2 is 2.28 bits per heavy atom. The van der Waals surface area contributed by atoms with E-state index in [0.717, 1.165) is 17.6 Å². The van der Waals surface area contributed by atoms with Crippen LogP contribution in [0.4, 0.5) is 6.01 Å². The summed E-state index contributed by atoms with van der Waals surface area (Å²) >= 11 is 0. The number of nitrogens with zero attached hydrogens (tertiary/aromatic N) is 3. The highest BCUT2D eigenvalue weighted by Gasteiger charge is 2.12. The van der Waals surface area contributed by atoms with Crippen LogP contribution in [-0.4, -0.2) is 29.1 Å². The van der Waals surface area contributed by atoms with Gasteiger partial charge in [0.05, 0.1) is 0 Å². The standard InChI is InChI=1S/C12H16N4O2/c1-2-16(8-7-11(13)15-17)12-14-9-5-3-4-6-10(9)18-12/h3-6,17H,2,7-8H2,1H3,(H2,13,15). The van der Waals surface area contributed by atoms with Crippen molar-refractivity contribution in [1.29, 1.82) is 0 Å². The zero-order valence-electron chi connectivity index (χ0n) is 10.2. The van der Waals surface area contributed by atoms with E-state index in [4.69, 9.17) is 15.4 Å². The SMILES string of the molecule is CCN(CC/C(N)=N/O)c1nc2ccccc2o1. The molecule has 0 bridgehead atoms. The first-order valence-corrected chi connectivity index (χ1v) is 5.81. The van der Waals surface area contributed by atoms with Gasteiger partial charge in [-0.25, -0.2) is 0 Å². The van der Waals surface area contributed by atoms with Gasteiger partial charge >= 0.3 is 0 Å². The Morgan fingerprint density at radius 1 is 1.50 bits per heavy atom. The van der Waals surface area contributed by atoms with Crippen molar-refractivity contribution in [3.63, 3.8) is 0 Å². The third kappa shape index (κ3) is 2.53. The van der Waals surface area contributed by atoms with Gasteiger partial charge in [-0.05, 0) is 19.1 Å². The van der Waals surface area contributed by atoms with E-state index in [1.807, 2.05) is 36.1 Å². The zero-order chi connectivity index (χ0) is 13.0. The average Bonchev–Trinajstić information content (AvgIpc) is 2.82. The summed E-state index contributed by atoms with van der Waals surface area (Å²) in [4.78, 5) is 6.35. The number of oxime groups is 1. The van der Waals surface area contributed by atoms with Crippen LogP contribution < -0.4 is 10.6 Å². The summed E-state index contributed by atoms with van der Waals surface area (Å²) in [6.45, 7) is 3.34. The fourth-order valence-corrected chi connectivity index (χ4v) is 1.68. The van der Waals surface area contributed by atoms with Gasteiger partial charge < -0.3 is 20.3 Å². The fourth-order valence-electron chi connectivity index (χ4n) is 1.68. The van der Waals surface area contributed by atoms with Gasteiger partial charge in [-0.15, -0.1) is 0 Å². The molecule has 1 aromatic carbocycles. The summed E-state index contributed by atoms with van der Waals surface area (Å²) in [6, 6.07) is 8.17. The summed E-state index contributed by atoms with van der Waals surface area (Å²) in [7, 11) is 0. The maximum Gasteiger partial charge on any atom is 0.298 e. The van der Waals surface area contributed by atoms with Gasteiger partial charge in [-0.3, -0.25) is 0 Å². The monoisotopic (exact) mass is 248 g/mol. The van der Waals surface area contributed by atoms with Crippen molar-refractivity contribution in [2.45, 2.75) is 13.3 Å². The Balaban J connectivity index is 2.16. The quantitative estimate of drug-likeness (QED) is 0.364. The normalized spacial score (nSPS) is 11.9. The molecule has 0 unspecified atom stereocenters. The van der Waals surface area contributed by atoms with Crippen LogP contribution in [0.25, 0.3) is 11.1 Å². The number of anilines is 1. The largest absolute Gasteiger partial charge is 0.423 e. The summed E-state index contributed by atoms with van der Waals surface area (Å²) in [5.74, 6) is 0.199. The molecule has 96 valence electrons. The van der Waals surface area contributed by atoms with Gasteiger partial charge in [0.25, 0.3) is 6.01 Å². The summed E-state index contributed by atoms with van der Waals surface area (Å²) in [6.07, 6.45) is 0.461. The third-order valence-corrected chi connectivity index (χ3v) is 2.70. The summed E-state index contributed by atoms with van der Waals surface area (Å²) < 4.78 is 5.66. The Hall–Kier alpha value is -2.24. The number of oxazole rings is 1. The van der Waals surface area contributed by atoms with Crippen LogP contribution >= 0.6 is 0 Å². The Kier molecular flexibility index (Phi) is 3.66. The number of hydrogen-bond donors (Lipinski definition) is 2. The van der Waals surface area contributed by atoms with Crippen molar-refractivity contribution < 1.29 is 9.62 Å². The second kappa shape index (κ2) is 5.39. The lowest BCUT2D eigenvalue weighted by atomic mass is 10.3. The molecule has 1 aromatic heterocycles. The summed E-state index contributed by atoms with van der Waals surface area (Å²) in [5, 5.41) is 11.5. The molecular weight excluding hydrogens is 232 g/mol. The number of benzene rings is 1. The van der Waals surface area contributed by atoms with Crippen LogP contribution in [0, 0.1) is 0 Å². The molecule has 18 heavy (non-hydrogen) atoms. The molecule has 2 rings (SSSR count). The molecule has 6 heteroatoms. The molecule has 0 fully saturated rings. The molecular formula is C12H16N4O2. The van der Waals surface area contributed by atoms with Crippen molar-refractivity contribution in [1.82, 2.24) is 4.98 Å². The maximum atomic E-state index is 8.51. The van der Waals surface area contributed by atoms with Crippen molar-refractivity contribution in [3.05, 3.63) is 24.3 Å². The maximum absolute atomic E-state index is 8.51. The second-order valence-corrected chi connectivity index (χ2v) is 3.89. The number of amidine groups is 1. The molecule has 3 N–H and O–H groups in total. The van der Waals surface area contributed by atoms with Crippen LogP contribution in [0.5, 0.6) is 0 Å². The van der Waals surface area contributed by atoms with Gasteiger partial charge in [-0.1, -0.05) is 17.3 Å². The van der Waals surface area contributed by atoms with Gasteiger partial charge in [0, 0.05) is 19.5 Å². The molecule has 0 spiro atoms. The molecule has 0 saturated carbocycles. The minimum atomic E-state index is 0.199. The van der Waals surface area contributed by atoms with Crippen molar-refractivity contribution in [2.24, 2.45) is 10.9 Å². The van der Waals surface area contributed by atoms with Crippen LogP contribution in [-0.2, 0) is 0 Å². The van der Waals surface area contributed by atoms with Gasteiger partial charge in [0.1, 0.15) is 11.4 Å². The zero-order valence-corrected chi connectivity index (χ0v) is 10.2. The van der Waals surface area contributed by atoms with E-state index in [0.29, 0.717) is 19.0 Å². The van der Waals surface area contributed by atoms with Gasteiger partial charge in [0.2, 0.25) is 0 Å². The number of aromatic nitrogens is 1. The number of para-hydroxylation sites is 2. The lowest BCUT2D eigenvalue weighted by molar-refractivity contribution is 0.317. The van der Waals surface area contributed by atoms with E-state index in [9.17, 15) is 0 Å². The van der Waals surface area contributed by atoms with E-state index in [-0.39, 0.29) is 5.84 Å². The average molecular weight is 248 g/mol. The highest BCUT2D eigenvalue weighted by molar-refractivity contribution is 5.80. The van der Waals surface area contributed by atoms with Gasteiger partial charge in [0.15, 0.2) is 5.58 Å². The first-order valence-electron chi connectivity index (χ1n) is 5.81. The first-order chi connectivity index (χ1) is 8.74. The van der Waals surface area contributed by atoms with Crippen molar-refractivity contribution in [3.8, 4) is 0 Å². The Morgan fingerprint density at radius 3 is 2.94 bits per heavy atom. The molecule has 0 aliphatic heterocycles. The molecule has 0 atom stereocenters. The highest BCUT2D eigenvalue weighted by Crippen LogP contribution is 2.21. The lowest BCUT2D eigenvalue weighted by Crippen LogP contribution is -2.28. The third-order valence-electron chi connectivity index (χ3n) is 2.70. The topological polar surface area (TPSA) is 87.9 Å². The van der Waals surface area contributed by atoms with Crippen molar-refractivity contribution >= 4 is 22.9 Å². The van der Waals surface area contributed by atoms with Gasteiger partial charge in [-0.2, -0.15) is 4.98 Å². The Labute approximate surface area is 105 Å². The van der Waals surface area contributed by atoms with Crippen LogP contribution in [0.1, 0.15) is 13.3 Å². The smallest absolute Gasteiger partial charge is 0.298 e. The van der Waals surface area contributed by atoms with E-state index >= 15 is 0 Å². The van der Waals surface area contributed by atoms with E-state index in [2.05, 4.69) is 10.1 Å². The number of nitrogens with two attached hydrogens (primary N) is 1. The van der Waals surface area contributed by atoms with Crippen LogP contribution in [0.3, 0.4) is 0 Å². The minimum Gasteiger partial charge on any atom is -0.423 e. The first kappa shape index (κ1) is 12.2. The lowest BCUT2D eigenvalue weighted by Gasteiger charge is -2.17. The molecule has 0 amide bonds. The molecule has 1 heterocycles. The number of rotatable bonds is 5. The number of fused-ring (bicyclic) bond motifs is 1. The molecule has 0 aliphatic carbocycles. The minimum absolute atomic E-state index is 0.199. The number of hydrogen-bond acceptors (Lipinski definition) is 5. The molecule has 2 aromatic rings.